The maximum absolute atomic E-state index is 12.2. The summed E-state index contributed by atoms with van der Waals surface area (Å²) in [5, 5.41) is 3.46. The molecule has 0 radical (unpaired) electrons. The normalized spacial score (nSPS) is 12.6. The van der Waals surface area contributed by atoms with Crippen molar-refractivity contribution in [1.29, 1.82) is 0 Å². The second-order valence-electron chi connectivity index (χ2n) is 6.38. The third-order valence-corrected chi connectivity index (χ3v) is 5.66. The Balaban J connectivity index is 1.54. The van der Waals surface area contributed by atoms with E-state index in [9.17, 15) is 13.2 Å². The van der Waals surface area contributed by atoms with E-state index in [1.165, 1.54) is 4.31 Å². The molecule has 0 aliphatic carbocycles. The highest BCUT2D eigenvalue weighted by molar-refractivity contribution is 7.92. The Morgan fingerprint density at radius 1 is 1.14 bits per heavy atom. The maximum atomic E-state index is 12.2. The van der Waals surface area contributed by atoms with Crippen molar-refractivity contribution >= 4 is 33.2 Å². The van der Waals surface area contributed by atoms with E-state index in [1.54, 1.807) is 30.3 Å². The number of nitrogens with zero attached hydrogens (tertiary/aromatic N) is 1. The van der Waals surface area contributed by atoms with E-state index in [0.29, 0.717) is 35.2 Å². The van der Waals surface area contributed by atoms with Crippen LogP contribution in [0.15, 0.2) is 42.5 Å². The SMILES string of the molecule is CS(=O)(=O)N(CCCC(=O)NCc1ccc(Cl)cc1)c1ccc2c(c1)OCO2. The van der Waals surface area contributed by atoms with Crippen LogP contribution in [0.25, 0.3) is 0 Å². The molecule has 2 aromatic carbocycles. The van der Waals surface area contributed by atoms with Gasteiger partial charge in [-0.2, -0.15) is 0 Å². The Hall–Kier alpha value is -2.45. The van der Waals surface area contributed by atoms with Crippen molar-refractivity contribution in [3.05, 3.63) is 53.1 Å². The zero-order valence-corrected chi connectivity index (χ0v) is 16.9. The van der Waals surface area contributed by atoms with Crippen LogP contribution in [0.1, 0.15) is 18.4 Å². The predicted octanol–water partition coefficient (Wildman–Crippen LogP) is 2.93. The number of ether oxygens (including phenoxy) is 2. The molecular formula is C19H21ClN2O5S. The first-order valence-corrected chi connectivity index (χ1v) is 10.9. The van der Waals surface area contributed by atoms with Crippen molar-refractivity contribution in [3.8, 4) is 11.5 Å². The molecule has 3 rings (SSSR count). The number of halogens is 1. The number of anilines is 1. The minimum Gasteiger partial charge on any atom is -0.454 e. The van der Waals surface area contributed by atoms with Crippen LogP contribution in [0.4, 0.5) is 5.69 Å². The van der Waals surface area contributed by atoms with Gasteiger partial charge in [0.05, 0.1) is 11.9 Å². The summed E-state index contributed by atoms with van der Waals surface area (Å²) in [6.07, 6.45) is 1.73. The van der Waals surface area contributed by atoms with Crippen molar-refractivity contribution in [2.75, 3.05) is 23.9 Å². The lowest BCUT2D eigenvalue weighted by molar-refractivity contribution is -0.121. The number of fused-ring (bicyclic) bond motifs is 1. The van der Waals surface area contributed by atoms with Gasteiger partial charge in [0, 0.05) is 30.6 Å². The number of hydrogen-bond acceptors (Lipinski definition) is 5. The Labute approximate surface area is 169 Å². The van der Waals surface area contributed by atoms with Crippen molar-refractivity contribution < 1.29 is 22.7 Å². The lowest BCUT2D eigenvalue weighted by atomic mass is 10.2. The fourth-order valence-corrected chi connectivity index (χ4v) is 3.88. The molecule has 0 unspecified atom stereocenters. The minimum absolute atomic E-state index is 0.117. The van der Waals surface area contributed by atoms with Gasteiger partial charge in [-0.3, -0.25) is 9.10 Å². The van der Waals surface area contributed by atoms with Crippen molar-refractivity contribution in [3.63, 3.8) is 0 Å². The van der Waals surface area contributed by atoms with E-state index in [2.05, 4.69) is 5.32 Å². The van der Waals surface area contributed by atoms with Crippen molar-refractivity contribution in [1.82, 2.24) is 5.32 Å². The smallest absolute Gasteiger partial charge is 0.232 e. The highest BCUT2D eigenvalue weighted by Gasteiger charge is 2.21. The van der Waals surface area contributed by atoms with E-state index >= 15 is 0 Å². The molecule has 1 amide bonds. The van der Waals surface area contributed by atoms with Crippen molar-refractivity contribution in [2.24, 2.45) is 0 Å². The maximum Gasteiger partial charge on any atom is 0.232 e. The summed E-state index contributed by atoms with van der Waals surface area (Å²) in [4.78, 5) is 12.1. The van der Waals surface area contributed by atoms with Crippen LogP contribution in [-0.4, -0.2) is 33.9 Å². The predicted molar refractivity (Wildman–Crippen MR) is 107 cm³/mol. The number of hydrogen-bond donors (Lipinski definition) is 1. The van der Waals surface area contributed by atoms with Gasteiger partial charge >= 0.3 is 0 Å². The molecule has 7 nitrogen and oxygen atoms in total. The fraction of sp³-hybridized carbons (Fsp3) is 0.316. The second kappa shape index (κ2) is 8.70. The Morgan fingerprint density at radius 2 is 1.86 bits per heavy atom. The number of benzene rings is 2. The molecule has 9 heteroatoms. The summed E-state index contributed by atoms with van der Waals surface area (Å²) < 4.78 is 36.2. The second-order valence-corrected chi connectivity index (χ2v) is 8.72. The van der Waals surface area contributed by atoms with Gasteiger partial charge in [0.25, 0.3) is 0 Å². The molecule has 0 aromatic heterocycles. The van der Waals surface area contributed by atoms with Gasteiger partial charge in [-0.1, -0.05) is 23.7 Å². The number of amides is 1. The zero-order chi connectivity index (χ0) is 20.1. The lowest BCUT2D eigenvalue weighted by Gasteiger charge is -2.22. The monoisotopic (exact) mass is 424 g/mol. The van der Waals surface area contributed by atoms with Crippen LogP contribution in [0.2, 0.25) is 5.02 Å². The first-order chi connectivity index (χ1) is 13.3. The van der Waals surface area contributed by atoms with E-state index in [0.717, 1.165) is 11.8 Å². The number of carbonyl (C=O) groups excluding carboxylic acids is 1. The Kier molecular flexibility index (Phi) is 6.31. The molecule has 0 fully saturated rings. The summed E-state index contributed by atoms with van der Waals surface area (Å²) in [5.74, 6) is 0.944. The summed E-state index contributed by atoms with van der Waals surface area (Å²) in [6, 6.07) is 12.2. The van der Waals surface area contributed by atoms with Crippen LogP contribution < -0.4 is 19.1 Å². The van der Waals surface area contributed by atoms with Crippen LogP contribution in [0.5, 0.6) is 11.5 Å². The molecule has 1 heterocycles. The van der Waals surface area contributed by atoms with Gasteiger partial charge in [0.2, 0.25) is 22.7 Å². The van der Waals surface area contributed by atoms with Gasteiger partial charge in [-0.25, -0.2) is 8.42 Å². The van der Waals surface area contributed by atoms with Crippen LogP contribution >= 0.6 is 11.6 Å². The average Bonchev–Trinajstić information content (AvgIpc) is 3.11. The quantitative estimate of drug-likeness (QED) is 0.704. The van der Waals surface area contributed by atoms with Gasteiger partial charge in [-0.05, 0) is 36.2 Å². The Morgan fingerprint density at radius 3 is 2.57 bits per heavy atom. The third-order valence-electron chi connectivity index (χ3n) is 4.21. The molecule has 150 valence electrons. The average molecular weight is 425 g/mol. The molecule has 1 aliphatic heterocycles. The molecule has 28 heavy (non-hydrogen) atoms. The summed E-state index contributed by atoms with van der Waals surface area (Å²) >= 11 is 5.84. The van der Waals surface area contributed by atoms with E-state index in [4.69, 9.17) is 21.1 Å². The minimum atomic E-state index is -3.50. The molecule has 2 aromatic rings. The molecule has 0 saturated heterocycles. The molecule has 0 spiro atoms. The highest BCUT2D eigenvalue weighted by atomic mass is 35.5. The largest absolute Gasteiger partial charge is 0.454 e. The van der Waals surface area contributed by atoms with Crippen LogP contribution in [0.3, 0.4) is 0 Å². The molecule has 0 bridgehead atoms. The van der Waals surface area contributed by atoms with E-state index < -0.39 is 10.0 Å². The van der Waals surface area contributed by atoms with Gasteiger partial charge < -0.3 is 14.8 Å². The highest BCUT2D eigenvalue weighted by Crippen LogP contribution is 2.36. The van der Waals surface area contributed by atoms with Gasteiger partial charge in [0.15, 0.2) is 11.5 Å². The van der Waals surface area contributed by atoms with Crippen LogP contribution in [0, 0.1) is 0 Å². The van der Waals surface area contributed by atoms with E-state index in [-0.39, 0.29) is 25.7 Å². The van der Waals surface area contributed by atoms with E-state index in [1.807, 2.05) is 12.1 Å². The Bertz CT molecular complexity index is 947. The third kappa shape index (κ3) is 5.30. The number of sulfonamides is 1. The molecule has 1 N–H and O–H groups in total. The first kappa shape index (κ1) is 20.3. The zero-order valence-electron chi connectivity index (χ0n) is 15.4. The number of nitrogens with one attached hydrogen (secondary N) is 1. The molecule has 1 aliphatic rings. The van der Waals surface area contributed by atoms with Gasteiger partial charge in [0.1, 0.15) is 0 Å². The molecule has 0 atom stereocenters. The number of rotatable bonds is 8. The first-order valence-electron chi connectivity index (χ1n) is 8.71. The van der Waals surface area contributed by atoms with Crippen LogP contribution in [-0.2, 0) is 21.4 Å². The summed E-state index contributed by atoms with van der Waals surface area (Å²) in [5.41, 5.74) is 1.42. The van der Waals surface area contributed by atoms with Gasteiger partial charge in [-0.15, -0.1) is 0 Å². The molecule has 0 saturated carbocycles. The summed E-state index contributed by atoms with van der Waals surface area (Å²) in [6.45, 7) is 0.701. The molecular weight excluding hydrogens is 404 g/mol. The number of carbonyl (C=O) groups is 1. The standard InChI is InChI=1S/C19H21ClN2O5S/c1-28(24,25)22(16-8-9-17-18(11-16)27-13-26-17)10-2-3-19(23)21-12-14-4-6-15(20)7-5-14/h4-9,11H,2-3,10,12-13H2,1H3,(H,21,23). The topological polar surface area (TPSA) is 84.9 Å². The lowest BCUT2D eigenvalue weighted by Crippen LogP contribution is -2.32. The van der Waals surface area contributed by atoms with Crippen molar-refractivity contribution in [2.45, 2.75) is 19.4 Å². The summed E-state index contributed by atoms with van der Waals surface area (Å²) in [7, 11) is -3.50. The fourth-order valence-electron chi connectivity index (χ4n) is 2.80.